The van der Waals surface area contributed by atoms with Crippen molar-refractivity contribution < 1.29 is 33.2 Å². The Hall–Kier alpha value is -5.87. The van der Waals surface area contributed by atoms with Crippen LogP contribution < -0.4 is 24.4 Å². The number of hydrogen-bond acceptors (Lipinski definition) is 13. The second kappa shape index (κ2) is 15.6. The van der Waals surface area contributed by atoms with E-state index in [4.69, 9.17) is 14.0 Å². The third-order valence-electron chi connectivity index (χ3n) is 11.2. The van der Waals surface area contributed by atoms with Crippen molar-refractivity contribution >= 4 is 58.1 Å². The number of hydrogen-bond donors (Lipinski definition) is 2. The van der Waals surface area contributed by atoms with Gasteiger partial charge in [-0.2, -0.15) is 5.10 Å². The molecule has 4 aliphatic heterocycles. The largest absolute Gasteiger partial charge is 0.496 e. The first-order chi connectivity index (χ1) is 27.8. The molecular weight excluding hydrogens is 749 g/mol. The summed E-state index contributed by atoms with van der Waals surface area (Å²) in [5.41, 5.74) is 3.31. The third-order valence-corrected chi connectivity index (χ3v) is 12.0. The normalized spacial score (nSPS) is 20.4. The monoisotopic (exact) mass is 790 g/mol. The Bertz CT molecular complexity index is 2340. The van der Waals surface area contributed by atoms with Crippen LogP contribution in [0.1, 0.15) is 58.4 Å². The molecule has 0 bridgehead atoms. The molecule has 294 valence electrons. The molecule has 6 heterocycles. The van der Waals surface area contributed by atoms with Gasteiger partial charge in [0.2, 0.25) is 11.8 Å². The lowest BCUT2D eigenvalue weighted by molar-refractivity contribution is -0.136. The number of nitrogens with one attached hydrogen (secondary N) is 2. The Morgan fingerprint density at radius 3 is 2.61 bits per heavy atom. The quantitative estimate of drug-likeness (QED) is 0.129. The summed E-state index contributed by atoms with van der Waals surface area (Å²) in [6.45, 7) is 5.44. The summed E-state index contributed by atoms with van der Waals surface area (Å²) in [7, 11) is 1.65. The summed E-state index contributed by atoms with van der Waals surface area (Å²) < 4.78 is 23.0. The van der Waals surface area contributed by atoms with E-state index in [2.05, 4.69) is 54.4 Å². The molecule has 15 nitrogen and oxygen atoms in total. The molecule has 4 amide bonds. The highest BCUT2D eigenvalue weighted by Gasteiger charge is 2.45. The maximum Gasteiger partial charge on any atom is 0.262 e. The zero-order chi connectivity index (χ0) is 39.0. The van der Waals surface area contributed by atoms with Crippen LogP contribution in [0.2, 0.25) is 0 Å². The Morgan fingerprint density at radius 1 is 0.947 bits per heavy atom. The fourth-order valence-electron chi connectivity index (χ4n) is 8.35. The van der Waals surface area contributed by atoms with Crippen LogP contribution in [0.4, 0.5) is 11.5 Å². The standard InChI is InChI=1S/C41H42N8O7S/c1-54-34-18-26(24-48-14-3-13-42-48)19-35-37(34)38(44-56-35)45-57-30-5-2-4-27(20-30)47-17-10-25(23-47)22-46-15-11-28(12-16-46)55-29-6-7-31-32(21-29)41(53)49(40(31)52)33-8-9-36(50)43-39(33)51/h2-7,13-14,18-21,25,28,33H,8-12,15-17,22-24H2,1H3,(H,44,45)(H,43,50,51). The van der Waals surface area contributed by atoms with Crippen molar-refractivity contribution in [2.24, 2.45) is 5.92 Å². The molecule has 3 saturated heterocycles. The molecule has 3 fully saturated rings. The lowest BCUT2D eigenvalue weighted by atomic mass is 10.0. The number of rotatable bonds is 12. The summed E-state index contributed by atoms with van der Waals surface area (Å²) >= 11 is 1.49. The van der Waals surface area contributed by atoms with Gasteiger partial charge in [-0.25, -0.2) is 0 Å². The second-order valence-electron chi connectivity index (χ2n) is 15.0. The van der Waals surface area contributed by atoms with Crippen LogP contribution in [0.25, 0.3) is 11.0 Å². The molecule has 2 atom stereocenters. The van der Waals surface area contributed by atoms with E-state index in [0.717, 1.165) is 72.7 Å². The number of anilines is 2. The van der Waals surface area contributed by atoms with Crippen molar-refractivity contribution in [2.75, 3.05) is 49.5 Å². The number of nitrogens with zero attached hydrogens (tertiary/aromatic N) is 6. The second-order valence-corrected chi connectivity index (χ2v) is 15.9. The van der Waals surface area contributed by atoms with Gasteiger partial charge in [-0.05, 0) is 104 Å². The zero-order valence-corrected chi connectivity index (χ0v) is 32.2. The Balaban J connectivity index is 0.753. The highest BCUT2D eigenvalue weighted by atomic mass is 32.2. The molecular formula is C41H42N8O7S. The molecule has 3 aromatic carbocycles. The molecule has 0 spiro atoms. The number of methoxy groups -OCH3 is 1. The van der Waals surface area contributed by atoms with Crippen molar-refractivity contribution in [3.63, 3.8) is 0 Å². The number of aromatic nitrogens is 3. The van der Waals surface area contributed by atoms with Crippen LogP contribution in [0, 0.1) is 5.92 Å². The van der Waals surface area contributed by atoms with Crippen molar-refractivity contribution in [1.82, 2.24) is 30.1 Å². The molecule has 16 heteroatoms. The number of piperidine rings is 2. The molecule has 0 radical (unpaired) electrons. The molecule has 5 aromatic rings. The van der Waals surface area contributed by atoms with Gasteiger partial charge in [0.15, 0.2) is 11.4 Å². The molecule has 2 unspecified atom stereocenters. The van der Waals surface area contributed by atoms with Crippen molar-refractivity contribution in [1.29, 1.82) is 0 Å². The number of amides is 4. The topological polar surface area (TPSA) is 164 Å². The molecule has 0 saturated carbocycles. The van der Waals surface area contributed by atoms with Crippen molar-refractivity contribution in [3.05, 3.63) is 89.7 Å². The van der Waals surface area contributed by atoms with Crippen LogP contribution in [-0.2, 0) is 16.1 Å². The van der Waals surface area contributed by atoms with Crippen LogP contribution in [0.5, 0.6) is 11.5 Å². The molecule has 2 aromatic heterocycles. The zero-order valence-electron chi connectivity index (χ0n) is 31.4. The van der Waals surface area contributed by atoms with E-state index in [1.54, 1.807) is 31.5 Å². The van der Waals surface area contributed by atoms with Gasteiger partial charge < -0.3 is 28.5 Å². The van der Waals surface area contributed by atoms with E-state index in [1.165, 1.54) is 17.6 Å². The number of carbonyl (C=O) groups excluding carboxylic acids is 4. The molecule has 0 aliphatic carbocycles. The van der Waals surface area contributed by atoms with Gasteiger partial charge in [-0.3, -0.25) is 34.1 Å². The lowest BCUT2D eigenvalue weighted by Crippen LogP contribution is -2.54. The van der Waals surface area contributed by atoms with E-state index in [1.807, 2.05) is 29.1 Å². The van der Waals surface area contributed by atoms with E-state index in [0.29, 0.717) is 35.4 Å². The maximum absolute atomic E-state index is 13.3. The molecule has 2 N–H and O–H groups in total. The number of ether oxygens (including phenoxy) is 2. The first-order valence-electron chi connectivity index (χ1n) is 19.3. The van der Waals surface area contributed by atoms with Gasteiger partial charge in [-0.1, -0.05) is 11.2 Å². The van der Waals surface area contributed by atoms with Crippen LogP contribution >= 0.6 is 11.9 Å². The van der Waals surface area contributed by atoms with Crippen molar-refractivity contribution in [2.45, 2.75) is 55.7 Å². The van der Waals surface area contributed by atoms with E-state index in [9.17, 15) is 19.2 Å². The predicted molar refractivity (Wildman–Crippen MR) is 211 cm³/mol. The number of fused-ring (bicyclic) bond motifs is 2. The predicted octanol–water partition coefficient (Wildman–Crippen LogP) is 4.97. The highest BCUT2D eigenvalue weighted by molar-refractivity contribution is 8.00. The summed E-state index contributed by atoms with van der Waals surface area (Å²) in [5, 5.41) is 11.6. The van der Waals surface area contributed by atoms with E-state index in [-0.39, 0.29) is 30.1 Å². The Labute approximate surface area is 332 Å². The minimum Gasteiger partial charge on any atom is -0.496 e. The summed E-state index contributed by atoms with van der Waals surface area (Å²) in [6.07, 6.45) is 6.70. The number of carbonyl (C=O) groups is 4. The maximum atomic E-state index is 13.3. The van der Waals surface area contributed by atoms with Gasteiger partial charge >= 0.3 is 0 Å². The average Bonchev–Trinajstić information content (AvgIpc) is 4.04. The van der Waals surface area contributed by atoms with Crippen LogP contribution in [0.3, 0.4) is 0 Å². The summed E-state index contributed by atoms with van der Waals surface area (Å²) in [4.78, 5) is 57.3. The lowest BCUT2D eigenvalue weighted by Gasteiger charge is -2.33. The number of benzene rings is 3. The van der Waals surface area contributed by atoms with Gasteiger partial charge in [0, 0.05) is 62.1 Å². The number of imide groups is 2. The van der Waals surface area contributed by atoms with Crippen molar-refractivity contribution in [3.8, 4) is 11.5 Å². The van der Waals surface area contributed by atoms with Gasteiger partial charge in [0.05, 0.1) is 24.8 Å². The first-order valence-corrected chi connectivity index (χ1v) is 20.1. The minimum atomic E-state index is -0.991. The first kappa shape index (κ1) is 36.7. The molecule has 4 aliphatic rings. The Kier molecular flexibility index (Phi) is 10.0. The van der Waals surface area contributed by atoms with Gasteiger partial charge in [-0.15, -0.1) is 0 Å². The molecule has 57 heavy (non-hydrogen) atoms. The van der Waals surface area contributed by atoms with E-state index < -0.39 is 29.7 Å². The Morgan fingerprint density at radius 2 is 1.81 bits per heavy atom. The molecule has 9 rings (SSSR count). The highest BCUT2D eigenvalue weighted by Crippen LogP contribution is 2.37. The van der Waals surface area contributed by atoms with Crippen LogP contribution in [0.15, 0.2) is 82.5 Å². The summed E-state index contributed by atoms with van der Waals surface area (Å²) in [5.74, 6) is 0.305. The third kappa shape index (κ3) is 7.54. The van der Waals surface area contributed by atoms with Crippen LogP contribution in [-0.4, -0.2) is 100 Å². The fourth-order valence-corrected chi connectivity index (χ4v) is 9.03. The average molecular weight is 791 g/mol. The fraction of sp³-hybridized carbons (Fsp3) is 0.366. The van der Waals surface area contributed by atoms with Gasteiger partial charge in [0.1, 0.15) is 29.0 Å². The van der Waals surface area contributed by atoms with E-state index >= 15 is 0 Å². The van der Waals surface area contributed by atoms with Gasteiger partial charge in [0.25, 0.3) is 11.8 Å². The smallest absolute Gasteiger partial charge is 0.262 e. The summed E-state index contributed by atoms with van der Waals surface area (Å²) in [6, 6.07) is 18.3. The SMILES string of the molecule is COc1cc(Cn2cccn2)cc2onc(NSc3cccc(N4CCC(CN5CCC(Oc6ccc7c(c6)C(=O)N(C6CCC(=O)NC6=O)C7=O)CC5)C4)c3)c12. The minimum absolute atomic E-state index is 0.00637. The number of likely N-dealkylation sites (tertiary alicyclic amines) is 1.